The van der Waals surface area contributed by atoms with Gasteiger partial charge in [0.15, 0.2) is 5.75 Å². The van der Waals surface area contributed by atoms with Crippen molar-refractivity contribution in [2.45, 2.75) is 6.42 Å². The first-order chi connectivity index (χ1) is 7.19. The number of benzene rings is 1. The Kier molecular flexibility index (Phi) is 6.88. The Hall–Kier alpha value is -0.970. The molecule has 0 atom stereocenters. The minimum Gasteiger partial charge on any atom is -0.493 e. The highest BCUT2D eigenvalue weighted by Gasteiger charge is 2.09. The topological polar surface area (TPSA) is 64.3 Å². The van der Waals surface area contributed by atoms with Gasteiger partial charge in [-0.15, -0.1) is 12.4 Å². The van der Waals surface area contributed by atoms with Crippen LogP contribution in [0, 0.1) is 0 Å². The summed E-state index contributed by atoms with van der Waals surface area (Å²) < 4.78 is 5.08. The summed E-state index contributed by atoms with van der Waals surface area (Å²) in [6.45, 7) is 0.314. The van der Waals surface area contributed by atoms with Crippen LogP contribution in [0.25, 0.3) is 0 Å². The Morgan fingerprint density at radius 2 is 2.25 bits per heavy atom. The molecule has 0 spiro atoms. The van der Waals surface area contributed by atoms with E-state index in [2.05, 4.69) is 5.32 Å². The quantitative estimate of drug-likeness (QED) is 0.875. The van der Waals surface area contributed by atoms with Crippen molar-refractivity contribution < 1.29 is 9.53 Å². The van der Waals surface area contributed by atoms with Gasteiger partial charge < -0.3 is 15.8 Å². The molecule has 0 heterocycles. The lowest BCUT2D eigenvalue weighted by atomic mass is 10.2. The van der Waals surface area contributed by atoms with Gasteiger partial charge in [-0.25, -0.2) is 0 Å². The van der Waals surface area contributed by atoms with Crippen LogP contribution in [0.1, 0.15) is 6.42 Å². The normalized spacial score (nSPS) is 9.19. The highest BCUT2D eigenvalue weighted by molar-refractivity contribution is 6.32. The van der Waals surface area contributed by atoms with Crippen molar-refractivity contribution in [2.75, 3.05) is 19.0 Å². The van der Waals surface area contributed by atoms with Crippen LogP contribution in [0.2, 0.25) is 5.02 Å². The molecule has 3 N–H and O–H groups in total. The maximum atomic E-state index is 11.3. The van der Waals surface area contributed by atoms with Crippen LogP contribution in [0.3, 0.4) is 0 Å². The Balaban J connectivity index is 0.00000225. The van der Waals surface area contributed by atoms with Gasteiger partial charge in [-0.3, -0.25) is 4.79 Å². The standard InChI is InChI=1S/C10H13ClN2O2.ClH/c1-15-10-7(11)3-2-4-8(10)13-9(14)5-6-12;/h2-4H,5-6,12H2,1H3,(H,13,14);1H. The molecule has 1 amide bonds. The fourth-order valence-corrected chi connectivity index (χ4v) is 1.41. The van der Waals surface area contributed by atoms with Gasteiger partial charge >= 0.3 is 0 Å². The van der Waals surface area contributed by atoms with Gasteiger partial charge in [0, 0.05) is 13.0 Å². The number of halogens is 2. The SMILES string of the molecule is COc1c(Cl)cccc1NC(=O)CCN.Cl. The number of carbonyl (C=O) groups is 1. The molecule has 1 aromatic carbocycles. The van der Waals surface area contributed by atoms with E-state index in [9.17, 15) is 4.79 Å². The fourth-order valence-electron chi connectivity index (χ4n) is 1.16. The number of hydrogen-bond donors (Lipinski definition) is 2. The van der Waals surface area contributed by atoms with Crippen LogP contribution < -0.4 is 15.8 Å². The van der Waals surface area contributed by atoms with Crippen LogP contribution >= 0.6 is 24.0 Å². The van der Waals surface area contributed by atoms with Crippen molar-refractivity contribution >= 4 is 35.6 Å². The molecule has 0 aromatic heterocycles. The van der Waals surface area contributed by atoms with Crippen LogP contribution in [-0.2, 0) is 4.79 Å². The summed E-state index contributed by atoms with van der Waals surface area (Å²) in [5.41, 5.74) is 5.82. The van der Waals surface area contributed by atoms with Gasteiger partial charge in [0.25, 0.3) is 0 Å². The molecular weight excluding hydrogens is 251 g/mol. The van der Waals surface area contributed by atoms with Crippen LogP contribution in [-0.4, -0.2) is 19.6 Å². The van der Waals surface area contributed by atoms with Gasteiger partial charge in [-0.05, 0) is 12.1 Å². The zero-order chi connectivity index (χ0) is 11.3. The molecule has 0 radical (unpaired) electrons. The smallest absolute Gasteiger partial charge is 0.225 e. The van der Waals surface area contributed by atoms with Crippen molar-refractivity contribution in [3.05, 3.63) is 23.2 Å². The molecule has 4 nitrogen and oxygen atoms in total. The molecule has 0 aliphatic carbocycles. The number of anilines is 1. The number of nitrogens with one attached hydrogen (secondary N) is 1. The lowest BCUT2D eigenvalue weighted by Gasteiger charge is -2.10. The van der Waals surface area contributed by atoms with Crippen molar-refractivity contribution in [2.24, 2.45) is 5.73 Å². The molecule has 0 saturated heterocycles. The Morgan fingerprint density at radius 1 is 1.56 bits per heavy atom. The Morgan fingerprint density at radius 3 is 2.81 bits per heavy atom. The minimum atomic E-state index is -0.155. The molecule has 16 heavy (non-hydrogen) atoms. The summed E-state index contributed by atoms with van der Waals surface area (Å²) >= 11 is 5.89. The Bertz CT molecular complexity index is 359. The number of amides is 1. The lowest BCUT2D eigenvalue weighted by molar-refractivity contribution is -0.116. The predicted octanol–water partition coefficient (Wildman–Crippen LogP) is 2.06. The summed E-state index contributed by atoms with van der Waals surface area (Å²) in [5.74, 6) is 0.308. The molecule has 0 unspecified atom stereocenters. The third-order valence-corrected chi connectivity index (χ3v) is 2.11. The van der Waals surface area contributed by atoms with Crippen molar-refractivity contribution in [3.63, 3.8) is 0 Å². The van der Waals surface area contributed by atoms with E-state index in [0.717, 1.165) is 0 Å². The maximum Gasteiger partial charge on any atom is 0.225 e. The number of carbonyl (C=O) groups excluding carboxylic acids is 1. The van der Waals surface area contributed by atoms with Gasteiger partial charge in [-0.2, -0.15) is 0 Å². The average Bonchev–Trinajstić information content (AvgIpc) is 2.18. The molecule has 0 fully saturated rings. The summed E-state index contributed by atoms with van der Waals surface area (Å²) in [5, 5.41) is 3.14. The minimum absolute atomic E-state index is 0. The number of nitrogens with two attached hydrogens (primary N) is 1. The molecule has 0 bridgehead atoms. The van der Waals surface area contributed by atoms with E-state index in [0.29, 0.717) is 23.0 Å². The second-order valence-electron chi connectivity index (χ2n) is 2.91. The first-order valence-corrected chi connectivity index (χ1v) is 4.89. The largest absolute Gasteiger partial charge is 0.493 e. The van der Waals surface area contributed by atoms with Gasteiger partial charge in [0.05, 0.1) is 17.8 Å². The summed E-state index contributed by atoms with van der Waals surface area (Å²) in [7, 11) is 1.50. The van der Waals surface area contributed by atoms with E-state index in [1.165, 1.54) is 7.11 Å². The van der Waals surface area contributed by atoms with Crippen LogP contribution in [0.4, 0.5) is 5.69 Å². The number of para-hydroxylation sites is 1. The molecule has 6 heteroatoms. The number of ether oxygens (including phenoxy) is 1. The molecule has 1 aromatic rings. The van der Waals surface area contributed by atoms with E-state index in [1.807, 2.05) is 0 Å². The summed E-state index contributed by atoms with van der Waals surface area (Å²) in [6.07, 6.45) is 0.273. The Labute approximate surface area is 106 Å². The van der Waals surface area contributed by atoms with Crippen LogP contribution in [0.5, 0.6) is 5.75 Å². The lowest BCUT2D eigenvalue weighted by Crippen LogP contribution is -2.16. The van der Waals surface area contributed by atoms with Crippen LogP contribution in [0.15, 0.2) is 18.2 Å². The van der Waals surface area contributed by atoms with E-state index in [-0.39, 0.29) is 24.7 Å². The van der Waals surface area contributed by atoms with E-state index >= 15 is 0 Å². The van der Waals surface area contributed by atoms with Gasteiger partial charge in [-0.1, -0.05) is 17.7 Å². The second-order valence-corrected chi connectivity index (χ2v) is 3.31. The summed E-state index contributed by atoms with van der Waals surface area (Å²) in [4.78, 5) is 11.3. The average molecular weight is 265 g/mol. The zero-order valence-electron chi connectivity index (χ0n) is 8.83. The van der Waals surface area contributed by atoms with Gasteiger partial charge in [0.2, 0.25) is 5.91 Å². The van der Waals surface area contributed by atoms with Crippen molar-refractivity contribution in [1.82, 2.24) is 0 Å². The molecular formula is C10H14Cl2N2O2. The van der Waals surface area contributed by atoms with Gasteiger partial charge in [0.1, 0.15) is 0 Å². The predicted molar refractivity (Wildman–Crippen MR) is 67.6 cm³/mol. The third-order valence-electron chi connectivity index (χ3n) is 1.82. The fraction of sp³-hybridized carbons (Fsp3) is 0.300. The number of methoxy groups -OCH3 is 1. The first-order valence-electron chi connectivity index (χ1n) is 4.51. The van der Waals surface area contributed by atoms with Crippen molar-refractivity contribution in [3.8, 4) is 5.75 Å². The maximum absolute atomic E-state index is 11.3. The molecule has 0 saturated carbocycles. The summed E-state index contributed by atoms with van der Waals surface area (Å²) in [6, 6.07) is 5.15. The molecule has 0 aliphatic rings. The van der Waals surface area contributed by atoms with E-state index < -0.39 is 0 Å². The van der Waals surface area contributed by atoms with E-state index in [1.54, 1.807) is 18.2 Å². The second kappa shape index (κ2) is 7.33. The third kappa shape index (κ3) is 3.89. The highest BCUT2D eigenvalue weighted by atomic mass is 35.5. The monoisotopic (exact) mass is 264 g/mol. The first kappa shape index (κ1) is 15.0. The molecule has 1 rings (SSSR count). The molecule has 90 valence electrons. The highest BCUT2D eigenvalue weighted by Crippen LogP contribution is 2.32. The number of rotatable bonds is 4. The number of hydrogen-bond acceptors (Lipinski definition) is 3. The molecule has 0 aliphatic heterocycles. The zero-order valence-corrected chi connectivity index (χ0v) is 10.4. The van der Waals surface area contributed by atoms with Crippen molar-refractivity contribution in [1.29, 1.82) is 0 Å². The van der Waals surface area contributed by atoms with E-state index in [4.69, 9.17) is 22.1 Å².